The number of hydrogen-bond donors (Lipinski definition) is 2. The van der Waals surface area contributed by atoms with E-state index in [0.717, 1.165) is 40.7 Å². The Morgan fingerprint density at radius 3 is 2.65 bits per heavy atom. The highest BCUT2D eigenvalue weighted by molar-refractivity contribution is 7.90. The lowest BCUT2D eigenvalue weighted by Gasteiger charge is -2.31. The summed E-state index contributed by atoms with van der Waals surface area (Å²) in [4.78, 5) is 12.8. The number of rotatable bonds is 8. The summed E-state index contributed by atoms with van der Waals surface area (Å²) in [6.07, 6.45) is 2.47. The van der Waals surface area contributed by atoms with Crippen molar-refractivity contribution in [2.24, 2.45) is 0 Å². The van der Waals surface area contributed by atoms with Gasteiger partial charge in [-0.25, -0.2) is 4.79 Å². The van der Waals surface area contributed by atoms with E-state index in [1.807, 2.05) is 32.9 Å². The van der Waals surface area contributed by atoms with Gasteiger partial charge in [-0.15, -0.1) is 4.72 Å². The average Bonchev–Trinajstić information content (AvgIpc) is 2.87. The maximum Gasteiger partial charge on any atom is 0.408 e. The normalized spacial score (nSPS) is 20.4. The van der Waals surface area contributed by atoms with Crippen LogP contribution in [0.5, 0.6) is 0 Å². The molecule has 0 saturated carbocycles. The first-order valence-corrected chi connectivity index (χ1v) is 14.5. The van der Waals surface area contributed by atoms with Crippen LogP contribution in [-0.4, -0.2) is 51.4 Å². The fraction of sp³-hybridized carbons (Fsp3) is 0.536. The molecule has 0 spiro atoms. The van der Waals surface area contributed by atoms with Crippen LogP contribution in [0.25, 0.3) is 0 Å². The Morgan fingerprint density at radius 1 is 1.22 bits per heavy atom. The fourth-order valence-electron chi connectivity index (χ4n) is 4.68. The van der Waals surface area contributed by atoms with Crippen LogP contribution in [0, 0.1) is 0 Å². The third-order valence-electron chi connectivity index (χ3n) is 6.76. The van der Waals surface area contributed by atoms with E-state index in [2.05, 4.69) is 35.1 Å². The molecule has 2 aliphatic heterocycles. The zero-order chi connectivity index (χ0) is 26.6. The van der Waals surface area contributed by atoms with E-state index in [-0.39, 0.29) is 12.3 Å². The highest BCUT2D eigenvalue weighted by atomic mass is 35.5. The van der Waals surface area contributed by atoms with Crippen LogP contribution in [-0.2, 0) is 33.7 Å². The van der Waals surface area contributed by atoms with Crippen LogP contribution in [0.3, 0.4) is 0 Å². The van der Waals surface area contributed by atoms with Crippen molar-refractivity contribution >= 4 is 29.1 Å². The molecule has 2 unspecified atom stereocenters. The Hall–Kier alpha value is -1.81. The molecule has 0 aromatic heterocycles. The van der Waals surface area contributed by atoms with E-state index in [0.29, 0.717) is 39.0 Å². The van der Waals surface area contributed by atoms with Gasteiger partial charge in [0.15, 0.2) is 6.29 Å². The molecule has 2 N–H and O–H groups in total. The Morgan fingerprint density at radius 2 is 1.95 bits per heavy atom. The number of hydrogen-bond acceptors (Lipinski definition) is 5. The van der Waals surface area contributed by atoms with E-state index in [1.165, 1.54) is 4.90 Å². The molecule has 1 amide bonds. The van der Waals surface area contributed by atoms with Crippen LogP contribution in [0.15, 0.2) is 42.5 Å². The SMILES string of the molecule is CC(C)(C)[S+]([O-])N[C@@H](CCC1OCCCO1)c1cccc(Cc2ccc3c(c2)C(Cl)N(C(=O)O)CC3)c1. The number of amides is 1. The molecule has 2 aromatic carbocycles. The second-order valence-corrected chi connectivity index (χ2v) is 13.1. The van der Waals surface area contributed by atoms with E-state index in [9.17, 15) is 14.5 Å². The lowest BCUT2D eigenvalue weighted by molar-refractivity contribution is -0.182. The molecule has 0 radical (unpaired) electrons. The number of fused-ring (bicyclic) bond motifs is 1. The molecule has 2 heterocycles. The highest BCUT2D eigenvalue weighted by Crippen LogP contribution is 2.34. The molecule has 4 rings (SSSR count). The quantitative estimate of drug-likeness (QED) is 0.250. The zero-order valence-electron chi connectivity index (χ0n) is 21.7. The molecule has 9 heteroatoms. The lowest BCUT2D eigenvalue weighted by atomic mass is 9.93. The van der Waals surface area contributed by atoms with Crippen molar-refractivity contribution in [3.63, 3.8) is 0 Å². The van der Waals surface area contributed by atoms with Gasteiger partial charge in [0.1, 0.15) is 10.2 Å². The third kappa shape index (κ3) is 7.40. The molecule has 2 aromatic rings. The van der Waals surface area contributed by atoms with Crippen LogP contribution < -0.4 is 4.72 Å². The summed E-state index contributed by atoms with van der Waals surface area (Å²) >= 11 is 5.29. The maximum atomic E-state index is 13.0. The summed E-state index contributed by atoms with van der Waals surface area (Å²) in [6, 6.07) is 14.4. The summed E-state index contributed by atoms with van der Waals surface area (Å²) in [7, 11) is 0. The summed E-state index contributed by atoms with van der Waals surface area (Å²) in [5.74, 6) is 0. The molecule has 0 bridgehead atoms. The van der Waals surface area contributed by atoms with Gasteiger partial charge in [0.25, 0.3) is 0 Å². The van der Waals surface area contributed by atoms with Crippen molar-refractivity contribution < 1.29 is 23.9 Å². The van der Waals surface area contributed by atoms with Gasteiger partial charge in [-0.1, -0.05) is 54.1 Å². The van der Waals surface area contributed by atoms with Crippen molar-refractivity contribution in [3.05, 3.63) is 70.3 Å². The Balaban J connectivity index is 1.52. The molecule has 0 aliphatic carbocycles. The first-order chi connectivity index (χ1) is 17.6. The van der Waals surface area contributed by atoms with Gasteiger partial charge in [0.05, 0.1) is 19.3 Å². The number of nitrogens with zero attached hydrogens (tertiary/aromatic N) is 1. The number of benzene rings is 2. The molecule has 7 nitrogen and oxygen atoms in total. The smallest absolute Gasteiger partial charge is 0.408 e. The minimum absolute atomic E-state index is 0.117. The van der Waals surface area contributed by atoms with Crippen LogP contribution >= 0.6 is 11.6 Å². The molecule has 3 atom stereocenters. The standard InChI is InChI=1S/C28H37ClN2O5S/c1-28(2,3)37(34)30-24(10-11-25-35-14-5-15-36-25)22-7-4-6-19(17-22)16-20-8-9-21-12-13-31(27(32)33)26(29)23(21)18-20/h4,6-9,17-18,24-26,30H,5,10-16H2,1-3H3,(H,32,33)/t24-,26?,37?/m0/s1. The largest absolute Gasteiger partial charge is 0.598 e. The van der Waals surface area contributed by atoms with Gasteiger partial charge in [-0.2, -0.15) is 0 Å². The summed E-state index contributed by atoms with van der Waals surface area (Å²) in [5, 5.41) is 9.46. The minimum atomic E-state index is -1.23. The predicted octanol–water partition coefficient (Wildman–Crippen LogP) is 5.69. The van der Waals surface area contributed by atoms with Gasteiger partial charge in [-0.05, 0) is 74.3 Å². The van der Waals surface area contributed by atoms with Crippen molar-refractivity contribution in [1.29, 1.82) is 0 Å². The van der Waals surface area contributed by atoms with Crippen molar-refractivity contribution in [1.82, 2.24) is 9.62 Å². The topological polar surface area (TPSA) is 94.1 Å². The van der Waals surface area contributed by atoms with Gasteiger partial charge in [0, 0.05) is 24.3 Å². The third-order valence-corrected chi connectivity index (χ3v) is 8.84. The second kappa shape index (κ2) is 12.4. The van der Waals surface area contributed by atoms with Crippen LogP contribution in [0.1, 0.15) is 79.4 Å². The van der Waals surface area contributed by atoms with Crippen LogP contribution in [0.2, 0.25) is 0 Å². The first-order valence-electron chi connectivity index (χ1n) is 12.9. The summed E-state index contributed by atoms with van der Waals surface area (Å²) < 4.78 is 27.4. The van der Waals surface area contributed by atoms with Gasteiger partial charge < -0.3 is 19.1 Å². The molecule has 1 fully saturated rings. The molecule has 37 heavy (non-hydrogen) atoms. The number of alkyl halides is 1. The van der Waals surface area contributed by atoms with E-state index in [1.54, 1.807) is 0 Å². The Bertz CT molecular complexity index is 1070. The molecule has 202 valence electrons. The Labute approximate surface area is 227 Å². The first kappa shape index (κ1) is 28.2. The van der Waals surface area contributed by atoms with Gasteiger partial charge in [-0.3, -0.25) is 4.90 Å². The molecule has 2 aliphatic rings. The van der Waals surface area contributed by atoms with Crippen molar-refractivity contribution in [3.8, 4) is 0 Å². The summed E-state index contributed by atoms with van der Waals surface area (Å²) in [5.41, 5.74) is 4.52. The highest BCUT2D eigenvalue weighted by Gasteiger charge is 2.31. The monoisotopic (exact) mass is 548 g/mol. The van der Waals surface area contributed by atoms with Crippen LogP contribution in [0.4, 0.5) is 4.79 Å². The molecule has 1 saturated heterocycles. The number of carbonyl (C=O) groups is 1. The Kier molecular flexibility index (Phi) is 9.43. The molecular formula is C28H37ClN2O5S. The van der Waals surface area contributed by atoms with E-state index < -0.39 is 27.7 Å². The zero-order valence-corrected chi connectivity index (χ0v) is 23.3. The number of carboxylic acid groups (broad SMARTS) is 1. The van der Waals surface area contributed by atoms with Gasteiger partial charge >= 0.3 is 6.09 Å². The number of nitrogens with one attached hydrogen (secondary N) is 1. The lowest BCUT2D eigenvalue weighted by Crippen LogP contribution is -2.41. The van der Waals surface area contributed by atoms with Gasteiger partial charge in [0.2, 0.25) is 0 Å². The molecular weight excluding hydrogens is 512 g/mol. The fourth-order valence-corrected chi connectivity index (χ4v) is 5.93. The number of halogens is 1. The average molecular weight is 549 g/mol. The van der Waals surface area contributed by atoms with Crippen molar-refractivity contribution in [2.75, 3.05) is 19.8 Å². The predicted molar refractivity (Wildman–Crippen MR) is 146 cm³/mol. The van der Waals surface area contributed by atoms with E-state index >= 15 is 0 Å². The van der Waals surface area contributed by atoms with E-state index in [4.69, 9.17) is 21.1 Å². The van der Waals surface area contributed by atoms with Crippen molar-refractivity contribution in [2.45, 2.75) is 75.5 Å². The number of ether oxygens (including phenoxy) is 2. The summed E-state index contributed by atoms with van der Waals surface area (Å²) in [6.45, 7) is 7.70. The second-order valence-electron chi connectivity index (χ2n) is 10.7. The minimum Gasteiger partial charge on any atom is -0.598 e. The maximum absolute atomic E-state index is 13.0.